The van der Waals surface area contributed by atoms with Gasteiger partial charge in [-0.25, -0.2) is 0 Å². The van der Waals surface area contributed by atoms with Crippen LogP contribution < -0.4 is 0 Å². The highest BCUT2D eigenvalue weighted by atomic mass is 14.2. The molecule has 0 heterocycles. The second-order valence-electron chi connectivity index (χ2n) is 10.5. The molecule has 0 aliphatic heterocycles. The standard InChI is InChI=1S/C38H22/c1-3-10-23(11-4-1)30-20-26-16-9-19-29-33-21-31-27-17-7-14-24-15-8-18-28(35(24)27)32(31)22-34(33)38(37(26)29)36(30)25-12-5-2-6-13-25/h1-22H. The lowest BCUT2D eigenvalue weighted by Crippen LogP contribution is -1.88. The number of hydrogen-bond donors (Lipinski definition) is 0. The Balaban J connectivity index is 1.56. The van der Waals surface area contributed by atoms with E-state index in [1.165, 1.54) is 86.9 Å². The Morgan fingerprint density at radius 3 is 1.47 bits per heavy atom. The molecule has 174 valence electrons. The highest BCUT2D eigenvalue weighted by Gasteiger charge is 2.22. The van der Waals surface area contributed by atoms with Crippen molar-refractivity contribution >= 4 is 64.6 Å². The molecule has 0 radical (unpaired) electrons. The molecule has 0 heteroatoms. The van der Waals surface area contributed by atoms with Crippen molar-refractivity contribution in [2.24, 2.45) is 0 Å². The summed E-state index contributed by atoms with van der Waals surface area (Å²) in [6, 6.07) is 49.4. The normalized spacial score (nSPS) is 12.2. The van der Waals surface area contributed by atoms with E-state index >= 15 is 0 Å². The monoisotopic (exact) mass is 478 g/mol. The van der Waals surface area contributed by atoms with Gasteiger partial charge in [0.1, 0.15) is 0 Å². The van der Waals surface area contributed by atoms with E-state index in [4.69, 9.17) is 0 Å². The summed E-state index contributed by atoms with van der Waals surface area (Å²) >= 11 is 0. The van der Waals surface area contributed by atoms with Gasteiger partial charge >= 0.3 is 0 Å². The van der Waals surface area contributed by atoms with Crippen molar-refractivity contribution in [1.29, 1.82) is 0 Å². The zero-order valence-corrected chi connectivity index (χ0v) is 20.7. The van der Waals surface area contributed by atoms with Crippen LogP contribution in [0.2, 0.25) is 0 Å². The Morgan fingerprint density at radius 2 is 0.816 bits per heavy atom. The summed E-state index contributed by atoms with van der Waals surface area (Å²) in [6.07, 6.45) is 0. The molecule has 0 aliphatic carbocycles. The SMILES string of the molecule is c1ccc(-c2cc3cccc4c5cc6c(cc5c(c2-c2ccccc2)c34)c2cccc3cccc6c32)cc1. The van der Waals surface area contributed by atoms with Crippen molar-refractivity contribution in [3.05, 3.63) is 133 Å². The van der Waals surface area contributed by atoms with Crippen LogP contribution in [0, 0.1) is 0 Å². The first-order valence-corrected chi connectivity index (χ1v) is 13.3. The minimum atomic E-state index is 1.25. The fourth-order valence-electron chi connectivity index (χ4n) is 6.97. The summed E-state index contributed by atoms with van der Waals surface area (Å²) in [4.78, 5) is 0. The predicted molar refractivity (Wildman–Crippen MR) is 165 cm³/mol. The van der Waals surface area contributed by atoms with Gasteiger partial charge < -0.3 is 0 Å². The van der Waals surface area contributed by atoms with Crippen molar-refractivity contribution in [3.63, 3.8) is 0 Å². The van der Waals surface area contributed by atoms with E-state index in [1.54, 1.807) is 0 Å². The third kappa shape index (κ3) is 2.54. The summed E-state index contributed by atoms with van der Waals surface area (Å²) in [5, 5.41) is 16.2. The van der Waals surface area contributed by atoms with Crippen LogP contribution in [0.25, 0.3) is 86.9 Å². The molecule has 9 aromatic carbocycles. The Morgan fingerprint density at radius 1 is 0.289 bits per heavy atom. The first kappa shape index (κ1) is 20.2. The Kier molecular flexibility index (Phi) is 3.88. The summed E-state index contributed by atoms with van der Waals surface area (Å²) in [5.41, 5.74) is 5.12. The number of fused-ring (bicyclic) bond motifs is 6. The van der Waals surface area contributed by atoms with E-state index in [0.29, 0.717) is 0 Å². The molecule has 0 bridgehead atoms. The number of benzene rings is 7. The molecule has 38 heavy (non-hydrogen) atoms. The van der Waals surface area contributed by atoms with E-state index in [9.17, 15) is 0 Å². The predicted octanol–water partition coefficient (Wildman–Crippen LogP) is 10.8. The van der Waals surface area contributed by atoms with Crippen LogP contribution in [0.4, 0.5) is 0 Å². The number of rotatable bonds is 2. The summed E-state index contributed by atoms with van der Waals surface area (Å²) < 4.78 is 0. The van der Waals surface area contributed by atoms with Gasteiger partial charge in [-0.05, 0) is 105 Å². The molecule has 0 aromatic heterocycles. The first-order chi connectivity index (χ1) is 18.9. The molecule has 9 rings (SSSR count). The van der Waals surface area contributed by atoms with Crippen LogP contribution >= 0.6 is 0 Å². The van der Waals surface area contributed by atoms with Gasteiger partial charge in [-0.15, -0.1) is 0 Å². The van der Waals surface area contributed by atoms with Crippen molar-refractivity contribution in [2.45, 2.75) is 0 Å². The second kappa shape index (κ2) is 7.31. The van der Waals surface area contributed by atoms with Gasteiger partial charge in [0.05, 0.1) is 0 Å². The summed E-state index contributed by atoms with van der Waals surface area (Å²) in [6.45, 7) is 0. The second-order valence-corrected chi connectivity index (χ2v) is 10.5. The highest BCUT2D eigenvalue weighted by Crippen LogP contribution is 2.50. The molecule has 0 amide bonds. The van der Waals surface area contributed by atoms with Crippen LogP contribution in [0.15, 0.2) is 133 Å². The third-order valence-electron chi connectivity index (χ3n) is 8.52. The van der Waals surface area contributed by atoms with E-state index < -0.39 is 0 Å². The lowest BCUT2D eigenvalue weighted by atomic mass is 9.88. The summed E-state index contributed by atoms with van der Waals surface area (Å²) in [5.74, 6) is 0. The topological polar surface area (TPSA) is 0 Å². The van der Waals surface area contributed by atoms with E-state index in [1.807, 2.05) is 0 Å². The third-order valence-corrected chi connectivity index (χ3v) is 8.52. The Hall–Kier alpha value is -4.94. The van der Waals surface area contributed by atoms with Gasteiger partial charge in [-0.1, -0.05) is 115 Å². The lowest BCUT2D eigenvalue weighted by molar-refractivity contribution is 1.63. The van der Waals surface area contributed by atoms with Crippen LogP contribution in [-0.2, 0) is 0 Å². The molecule has 0 saturated carbocycles. The molecule has 9 aromatic rings. The Labute approximate surface area is 220 Å². The molecular formula is C38H22. The fourth-order valence-corrected chi connectivity index (χ4v) is 6.97. The quantitative estimate of drug-likeness (QED) is 0.232. The maximum Gasteiger partial charge on any atom is -0.000785 e. The smallest absolute Gasteiger partial charge is 0.000785 e. The van der Waals surface area contributed by atoms with E-state index in [2.05, 4.69) is 133 Å². The molecule has 0 fully saturated rings. The molecule has 0 atom stereocenters. The van der Waals surface area contributed by atoms with Crippen LogP contribution in [0.3, 0.4) is 0 Å². The first-order valence-electron chi connectivity index (χ1n) is 13.3. The van der Waals surface area contributed by atoms with Gasteiger partial charge in [-0.3, -0.25) is 0 Å². The zero-order chi connectivity index (χ0) is 24.8. The van der Waals surface area contributed by atoms with Crippen LogP contribution in [-0.4, -0.2) is 0 Å². The van der Waals surface area contributed by atoms with Crippen LogP contribution in [0.1, 0.15) is 0 Å². The van der Waals surface area contributed by atoms with Gasteiger partial charge in [0, 0.05) is 0 Å². The van der Waals surface area contributed by atoms with Gasteiger partial charge in [0.15, 0.2) is 0 Å². The molecule has 0 nitrogen and oxygen atoms in total. The maximum absolute atomic E-state index is 2.48. The van der Waals surface area contributed by atoms with E-state index in [-0.39, 0.29) is 0 Å². The van der Waals surface area contributed by atoms with Crippen molar-refractivity contribution in [1.82, 2.24) is 0 Å². The van der Waals surface area contributed by atoms with Crippen molar-refractivity contribution in [2.75, 3.05) is 0 Å². The van der Waals surface area contributed by atoms with Crippen molar-refractivity contribution in [3.8, 4) is 22.3 Å². The minimum Gasteiger partial charge on any atom is -0.0622 e. The Bertz CT molecular complexity index is 2300. The van der Waals surface area contributed by atoms with Gasteiger partial charge in [0.2, 0.25) is 0 Å². The maximum atomic E-state index is 2.48. The molecule has 0 saturated heterocycles. The highest BCUT2D eigenvalue weighted by molar-refractivity contribution is 6.39. The zero-order valence-electron chi connectivity index (χ0n) is 20.7. The molecule has 0 spiro atoms. The van der Waals surface area contributed by atoms with E-state index in [0.717, 1.165) is 0 Å². The van der Waals surface area contributed by atoms with Crippen molar-refractivity contribution < 1.29 is 0 Å². The molecule has 0 aliphatic rings. The van der Waals surface area contributed by atoms with Gasteiger partial charge in [0.25, 0.3) is 0 Å². The minimum absolute atomic E-state index is 1.25. The molecule has 0 N–H and O–H groups in total. The average molecular weight is 479 g/mol. The van der Waals surface area contributed by atoms with Crippen LogP contribution in [0.5, 0.6) is 0 Å². The van der Waals surface area contributed by atoms with Gasteiger partial charge in [-0.2, -0.15) is 0 Å². The number of hydrogen-bond acceptors (Lipinski definition) is 0. The average Bonchev–Trinajstić information content (AvgIpc) is 3.48. The largest absolute Gasteiger partial charge is 0.0622 e. The lowest BCUT2D eigenvalue weighted by Gasteiger charge is -2.15. The molecular weight excluding hydrogens is 456 g/mol. The fraction of sp³-hybridized carbons (Fsp3) is 0. The summed E-state index contributed by atoms with van der Waals surface area (Å²) in [7, 11) is 0. The molecule has 0 unspecified atom stereocenters.